The quantitative estimate of drug-likeness (QED) is 0.0637. The third-order valence-electron chi connectivity index (χ3n) is 5.08. The molecular weight excluding hydrogens is 448 g/mol. The number of amides is 4. The third-order valence-corrected chi connectivity index (χ3v) is 5.08. The van der Waals surface area contributed by atoms with Gasteiger partial charge in [-0.3, -0.25) is 24.2 Å². The SMILES string of the molecule is CCC(C)C(NC(=O)C(C)N)C(=O)NC(CCCN=C(N)N)C(=O)NC(CCC(N)=O)C(=O)O. The van der Waals surface area contributed by atoms with Crippen LogP contribution in [0, 0.1) is 5.92 Å². The van der Waals surface area contributed by atoms with Crippen molar-refractivity contribution in [2.45, 2.75) is 77.0 Å². The maximum atomic E-state index is 13.0. The number of nitrogens with two attached hydrogens (primary N) is 4. The first-order chi connectivity index (χ1) is 15.8. The summed E-state index contributed by atoms with van der Waals surface area (Å²) in [5.74, 6) is -4.45. The molecule has 34 heavy (non-hydrogen) atoms. The fraction of sp³-hybridized carbons (Fsp3) is 0.700. The summed E-state index contributed by atoms with van der Waals surface area (Å²) in [7, 11) is 0. The van der Waals surface area contributed by atoms with E-state index >= 15 is 0 Å². The van der Waals surface area contributed by atoms with Crippen LogP contribution in [-0.4, -0.2) is 71.4 Å². The molecule has 4 amide bonds. The first kappa shape index (κ1) is 30.6. The number of carbonyl (C=O) groups excluding carboxylic acids is 4. The molecule has 5 unspecified atom stereocenters. The summed E-state index contributed by atoms with van der Waals surface area (Å²) in [6.45, 7) is 5.23. The van der Waals surface area contributed by atoms with E-state index in [0.29, 0.717) is 6.42 Å². The van der Waals surface area contributed by atoms with E-state index in [4.69, 9.17) is 22.9 Å². The highest BCUT2D eigenvalue weighted by molar-refractivity contribution is 5.94. The Morgan fingerprint density at radius 3 is 1.94 bits per heavy atom. The summed E-state index contributed by atoms with van der Waals surface area (Å²) in [4.78, 5) is 64.3. The van der Waals surface area contributed by atoms with E-state index in [1.165, 1.54) is 6.92 Å². The van der Waals surface area contributed by atoms with Crippen LogP contribution >= 0.6 is 0 Å². The fourth-order valence-corrected chi connectivity index (χ4v) is 2.84. The number of carbonyl (C=O) groups is 5. The minimum atomic E-state index is -1.39. The second kappa shape index (κ2) is 15.4. The second-order valence-corrected chi connectivity index (χ2v) is 8.07. The molecule has 0 spiro atoms. The van der Waals surface area contributed by atoms with Crippen molar-refractivity contribution in [3.8, 4) is 0 Å². The van der Waals surface area contributed by atoms with Crippen LogP contribution in [0.2, 0.25) is 0 Å². The number of aliphatic imine (C=N–C) groups is 1. The molecule has 0 aliphatic heterocycles. The Balaban J connectivity index is 5.61. The van der Waals surface area contributed by atoms with Crippen LogP contribution in [0.15, 0.2) is 4.99 Å². The van der Waals surface area contributed by atoms with Crippen LogP contribution in [0.3, 0.4) is 0 Å². The fourth-order valence-electron chi connectivity index (χ4n) is 2.84. The van der Waals surface area contributed by atoms with Crippen molar-refractivity contribution in [2.24, 2.45) is 33.8 Å². The van der Waals surface area contributed by atoms with Crippen molar-refractivity contribution >= 4 is 35.6 Å². The molecule has 0 radical (unpaired) electrons. The van der Waals surface area contributed by atoms with E-state index in [-0.39, 0.29) is 44.1 Å². The lowest BCUT2D eigenvalue weighted by atomic mass is 9.97. The molecule has 194 valence electrons. The monoisotopic (exact) mass is 486 g/mol. The zero-order valence-corrected chi connectivity index (χ0v) is 19.9. The average Bonchev–Trinajstić information content (AvgIpc) is 2.75. The average molecular weight is 487 g/mol. The number of guanidine groups is 1. The zero-order chi connectivity index (χ0) is 26.4. The molecule has 0 aliphatic rings. The van der Waals surface area contributed by atoms with Crippen molar-refractivity contribution < 1.29 is 29.1 Å². The van der Waals surface area contributed by atoms with Gasteiger partial charge in [0.05, 0.1) is 6.04 Å². The number of hydrogen-bond acceptors (Lipinski definition) is 7. The third kappa shape index (κ3) is 12.0. The molecule has 0 bridgehead atoms. The lowest BCUT2D eigenvalue weighted by Crippen LogP contribution is -2.58. The van der Waals surface area contributed by atoms with E-state index in [0.717, 1.165) is 0 Å². The highest BCUT2D eigenvalue weighted by Crippen LogP contribution is 2.10. The number of carboxylic acids is 1. The van der Waals surface area contributed by atoms with Gasteiger partial charge in [0.2, 0.25) is 23.6 Å². The maximum absolute atomic E-state index is 13.0. The smallest absolute Gasteiger partial charge is 0.326 e. The van der Waals surface area contributed by atoms with Crippen LogP contribution in [0.5, 0.6) is 0 Å². The van der Waals surface area contributed by atoms with E-state index in [1.807, 2.05) is 6.92 Å². The molecule has 0 saturated heterocycles. The Morgan fingerprint density at radius 1 is 0.882 bits per heavy atom. The lowest BCUT2D eigenvalue weighted by Gasteiger charge is -2.27. The topological polar surface area (TPSA) is 258 Å². The molecule has 12 N–H and O–H groups in total. The van der Waals surface area contributed by atoms with Gasteiger partial charge in [-0.15, -0.1) is 0 Å². The molecule has 0 aromatic carbocycles. The molecule has 0 rings (SSSR count). The molecule has 0 saturated carbocycles. The number of carboxylic acid groups (broad SMARTS) is 1. The molecule has 0 fully saturated rings. The number of rotatable bonds is 16. The van der Waals surface area contributed by atoms with E-state index < -0.39 is 53.8 Å². The molecule has 0 heterocycles. The van der Waals surface area contributed by atoms with Gasteiger partial charge in [-0.1, -0.05) is 20.3 Å². The number of hydrogen-bond donors (Lipinski definition) is 8. The molecule has 14 heteroatoms. The maximum Gasteiger partial charge on any atom is 0.326 e. The van der Waals surface area contributed by atoms with Crippen molar-refractivity contribution in [1.29, 1.82) is 0 Å². The summed E-state index contributed by atoms with van der Waals surface area (Å²) >= 11 is 0. The van der Waals surface area contributed by atoms with Crippen LogP contribution in [0.1, 0.15) is 52.9 Å². The number of aliphatic carboxylic acids is 1. The van der Waals surface area contributed by atoms with E-state index in [1.54, 1.807) is 6.92 Å². The minimum Gasteiger partial charge on any atom is -0.480 e. The summed E-state index contributed by atoms with van der Waals surface area (Å²) in [6, 6.07) is -4.36. The first-order valence-corrected chi connectivity index (χ1v) is 11.0. The van der Waals surface area contributed by atoms with Gasteiger partial charge in [-0.2, -0.15) is 0 Å². The lowest BCUT2D eigenvalue weighted by molar-refractivity contribution is -0.142. The Labute approximate surface area is 198 Å². The molecule has 0 aromatic rings. The van der Waals surface area contributed by atoms with Crippen LogP contribution < -0.4 is 38.9 Å². The number of primary amides is 1. The van der Waals surface area contributed by atoms with Crippen molar-refractivity contribution in [2.75, 3.05) is 6.54 Å². The predicted molar refractivity (Wildman–Crippen MR) is 125 cm³/mol. The Hall–Kier alpha value is -3.42. The highest BCUT2D eigenvalue weighted by atomic mass is 16.4. The van der Waals surface area contributed by atoms with Gasteiger partial charge in [0.1, 0.15) is 18.1 Å². The minimum absolute atomic E-state index is 0.0744. The molecule has 0 aliphatic carbocycles. The van der Waals surface area contributed by atoms with Crippen LogP contribution in [-0.2, 0) is 24.0 Å². The largest absolute Gasteiger partial charge is 0.480 e. The summed E-state index contributed by atoms with van der Waals surface area (Å²) < 4.78 is 0. The van der Waals surface area contributed by atoms with E-state index in [2.05, 4.69) is 20.9 Å². The van der Waals surface area contributed by atoms with Gasteiger partial charge in [-0.25, -0.2) is 4.79 Å². The first-order valence-electron chi connectivity index (χ1n) is 11.0. The predicted octanol–water partition coefficient (Wildman–Crippen LogP) is -2.76. The molecule has 5 atom stereocenters. The summed E-state index contributed by atoms with van der Waals surface area (Å²) in [5, 5.41) is 16.8. The number of nitrogens with one attached hydrogen (secondary N) is 3. The standard InChI is InChI=1S/C20H38N8O6/c1-4-10(2)15(28-16(30)11(3)21)18(32)26-12(6-5-9-25-20(23)24)17(31)27-13(19(33)34)7-8-14(22)29/h10-13,15H,4-9,21H2,1-3H3,(H2,22,29)(H,26,32)(H,27,31)(H,28,30)(H,33,34)(H4,23,24,25). The summed E-state index contributed by atoms with van der Waals surface area (Å²) in [6.07, 6.45) is 0.441. The van der Waals surface area contributed by atoms with Gasteiger partial charge >= 0.3 is 5.97 Å². The van der Waals surface area contributed by atoms with Crippen molar-refractivity contribution in [3.63, 3.8) is 0 Å². The Morgan fingerprint density at radius 2 is 1.47 bits per heavy atom. The molecular formula is C20H38N8O6. The van der Waals surface area contributed by atoms with Gasteiger partial charge in [0, 0.05) is 13.0 Å². The molecule has 0 aromatic heterocycles. The normalized spacial score (nSPS) is 15.1. The second-order valence-electron chi connectivity index (χ2n) is 8.07. The van der Waals surface area contributed by atoms with Crippen LogP contribution in [0.4, 0.5) is 0 Å². The summed E-state index contributed by atoms with van der Waals surface area (Å²) in [5.41, 5.74) is 21.2. The van der Waals surface area contributed by atoms with Gasteiger partial charge in [0.15, 0.2) is 5.96 Å². The van der Waals surface area contributed by atoms with Crippen molar-refractivity contribution in [3.05, 3.63) is 0 Å². The van der Waals surface area contributed by atoms with Crippen molar-refractivity contribution in [1.82, 2.24) is 16.0 Å². The van der Waals surface area contributed by atoms with Gasteiger partial charge in [-0.05, 0) is 32.1 Å². The van der Waals surface area contributed by atoms with E-state index in [9.17, 15) is 29.1 Å². The highest BCUT2D eigenvalue weighted by Gasteiger charge is 2.31. The Kier molecular flexibility index (Phi) is 13.9. The van der Waals surface area contributed by atoms with Gasteiger partial charge < -0.3 is 44.0 Å². The molecule has 14 nitrogen and oxygen atoms in total. The number of nitrogens with zero attached hydrogens (tertiary/aromatic N) is 1. The zero-order valence-electron chi connectivity index (χ0n) is 19.9. The van der Waals surface area contributed by atoms with Gasteiger partial charge in [0.25, 0.3) is 0 Å². The van der Waals surface area contributed by atoms with Crippen LogP contribution in [0.25, 0.3) is 0 Å². The Bertz CT molecular complexity index is 753.